The van der Waals surface area contributed by atoms with Gasteiger partial charge in [0.15, 0.2) is 11.5 Å². The van der Waals surface area contributed by atoms with Crippen molar-refractivity contribution in [3.8, 4) is 28.4 Å². The van der Waals surface area contributed by atoms with Gasteiger partial charge in [-0.1, -0.05) is 48.5 Å². The molecule has 3 aromatic carbocycles. The highest BCUT2D eigenvalue weighted by atomic mass is 16.5. The molecule has 0 radical (unpaired) electrons. The van der Waals surface area contributed by atoms with Crippen molar-refractivity contribution >= 4 is 5.91 Å². The van der Waals surface area contributed by atoms with Crippen LogP contribution < -0.4 is 14.8 Å². The van der Waals surface area contributed by atoms with E-state index in [1.165, 1.54) is 0 Å². The first kappa shape index (κ1) is 22.1. The summed E-state index contributed by atoms with van der Waals surface area (Å²) in [6.45, 7) is 2.50. The molecule has 1 aromatic heterocycles. The Morgan fingerprint density at radius 2 is 1.70 bits per heavy atom. The van der Waals surface area contributed by atoms with E-state index in [2.05, 4.69) is 5.32 Å². The van der Waals surface area contributed by atoms with E-state index in [1.807, 2.05) is 85.8 Å². The third kappa shape index (κ3) is 5.06. The molecule has 0 saturated heterocycles. The first-order valence-electron chi connectivity index (χ1n) is 10.8. The summed E-state index contributed by atoms with van der Waals surface area (Å²) < 4.78 is 12.4. The minimum atomic E-state index is -0.174. The largest absolute Gasteiger partial charge is 0.493 e. The maximum Gasteiger partial charge on any atom is 0.270 e. The minimum Gasteiger partial charge on any atom is -0.493 e. The van der Waals surface area contributed by atoms with Gasteiger partial charge >= 0.3 is 0 Å². The number of rotatable bonds is 8. The van der Waals surface area contributed by atoms with Gasteiger partial charge in [0.1, 0.15) is 5.69 Å². The summed E-state index contributed by atoms with van der Waals surface area (Å²) in [4.78, 5) is 13.2. The molecule has 6 heteroatoms. The lowest BCUT2D eigenvalue weighted by molar-refractivity contribution is 0.0946. The first-order chi connectivity index (χ1) is 16.1. The van der Waals surface area contributed by atoms with Gasteiger partial charge in [-0.2, -0.15) is 5.10 Å². The number of aryl methyl sites for hydroxylation is 1. The molecule has 4 aromatic rings. The second-order valence-electron chi connectivity index (χ2n) is 7.73. The van der Waals surface area contributed by atoms with Crippen LogP contribution in [0.2, 0.25) is 0 Å². The monoisotopic (exact) mass is 441 g/mol. The maximum atomic E-state index is 13.2. The van der Waals surface area contributed by atoms with Crippen molar-refractivity contribution in [2.75, 3.05) is 20.8 Å². The Labute approximate surface area is 193 Å². The summed E-state index contributed by atoms with van der Waals surface area (Å²) in [5.74, 6) is 1.18. The van der Waals surface area contributed by atoms with Gasteiger partial charge in [0.25, 0.3) is 5.91 Å². The number of hydrogen-bond acceptors (Lipinski definition) is 4. The molecule has 0 atom stereocenters. The molecule has 168 valence electrons. The van der Waals surface area contributed by atoms with Crippen LogP contribution in [0.3, 0.4) is 0 Å². The van der Waals surface area contributed by atoms with Gasteiger partial charge in [-0.05, 0) is 54.8 Å². The highest BCUT2D eigenvalue weighted by Crippen LogP contribution is 2.27. The lowest BCUT2D eigenvalue weighted by atomic mass is 10.1. The van der Waals surface area contributed by atoms with Crippen molar-refractivity contribution in [2.45, 2.75) is 13.3 Å². The van der Waals surface area contributed by atoms with Crippen molar-refractivity contribution in [3.63, 3.8) is 0 Å². The Morgan fingerprint density at radius 3 is 2.42 bits per heavy atom. The SMILES string of the molecule is COc1ccc(CCNC(=O)c2cc(-c3ccccc3)nn2-c2cccc(C)c2)cc1OC. The number of ether oxygens (including phenoxy) is 2. The Bertz CT molecular complexity index is 1250. The average molecular weight is 442 g/mol. The van der Waals surface area contributed by atoms with Crippen LogP contribution in [0.15, 0.2) is 78.9 Å². The van der Waals surface area contributed by atoms with E-state index >= 15 is 0 Å². The van der Waals surface area contributed by atoms with Gasteiger partial charge in [-0.25, -0.2) is 4.68 Å². The summed E-state index contributed by atoms with van der Waals surface area (Å²) in [7, 11) is 3.22. The lowest BCUT2D eigenvalue weighted by Gasteiger charge is -2.11. The molecule has 6 nitrogen and oxygen atoms in total. The van der Waals surface area contributed by atoms with E-state index in [4.69, 9.17) is 14.6 Å². The number of carbonyl (C=O) groups excluding carboxylic acids is 1. The van der Waals surface area contributed by atoms with Gasteiger partial charge in [0, 0.05) is 12.1 Å². The highest BCUT2D eigenvalue weighted by Gasteiger charge is 2.17. The molecular formula is C27H27N3O3. The van der Waals surface area contributed by atoms with E-state index in [0.29, 0.717) is 30.2 Å². The predicted molar refractivity (Wildman–Crippen MR) is 129 cm³/mol. The molecule has 0 bridgehead atoms. The van der Waals surface area contributed by atoms with Crippen LogP contribution in [-0.4, -0.2) is 36.5 Å². The number of nitrogens with one attached hydrogen (secondary N) is 1. The van der Waals surface area contributed by atoms with Crippen molar-refractivity contribution < 1.29 is 14.3 Å². The van der Waals surface area contributed by atoms with Crippen LogP contribution in [0.25, 0.3) is 16.9 Å². The van der Waals surface area contributed by atoms with Crippen LogP contribution in [0.5, 0.6) is 11.5 Å². The van der Waals surface area contributed by atoms with Crippen LogP contribution in [0.1, 0.15) is 21.6 Å². The molecule has 0 fully saturated rings. The summed E-state index contributed by atoms with van der Waals surface area (Å²) in [6, 6.07) is 25.4. The second kappa shape index (κ2) is 10.0. The van der Waals surface area contributed by atoms with Crippen LogP contribution in [0, 0.1) is 6.92 Å². The van der Waals surface area contributed by atoms with Crippen LogP contribution in [0.4, 0.5) is 0 Å². The molecule has 1 N–H and O–H groups in total. The number of amides is 1. The Balaban J connectivity index is 1.55. The van der Waals surface area contributed by atoms with E-state index in [-0.39, 0.29) is 5.91 Å². The summed E-state index contributed by atoms with van der Waals surface area (Å²) in [6.07, 6.45) is 0.663. The Kier molecular flexibility index (Phi) is 6.74. The summed E-state index contributed by atoms with van der Waals surface area (Å²) in [5.41, 5.74) is 5.20. The number of benzene rings is 3. The fraction of sp³-hybridized carbons (Fsp3) is 0.185. The Morgan fingerprint density at radius 1 is 0.909 bits per heavy atom. The molecule has 0 aliphatic heterocycles. The third-order valence-corrected chi connectivity index (χ3v) is 5.40. The topological polar surface area (TPSA) is 65.4 Å². The zero-order valence-corrected chi connectivity index (χ0v) is 19.0. The number of hydrogen-bond donors (Lipinski definition) is 1. The lowest BCUT2D eigenvalue weighted by Crippen LogP contribution is -2.27. The summed E-state index contributed by atoms with van der Waals surface area (Å²) in [5, 5.41) is 7.78. The smallest absolute Gasteiger partial charge is 0.270 e. The molecule has 0 aliphatic rings. The van der Waals surface area contributed by atoms with Gasteiger partial charge in [0.05, 0.1) is 25.6 Å². The van der Waals surface area contributed by atoms with Gasteiger partial charge < -0.3 is 14.8 Å². The fourth-order valence-electron chi connectivity index (χ4n) is 3.70. The van der Waals surface area contributed by atoms with Crippen molar-refractivity contribution in [1.82, 2.24) is 15.1 Å². The zero-order chi connectivity index (χ0) is 23.2. The minimum absolute atomic E-state index is 0.174. The van der Waals surface area contributed by atoms with E-state index in [1.54, 1.807) is 18.9 Å². The second-order valence-corrected chi connectivity index (χ2v) is 7.73. The Hall–Kier alpha value is -4.06. The van der Waals surface area contributed by atoms with Crippen LogP contribution in [-0.2, 0) is 6.42 Å². The van der Waals surface area contributed by atoms with E-state index < -0.39 is 0 Å². The average Bonchev–Trinajstić information content (AvgIpc) is 3.30. The van der Waals surface area contributed by atoms with Crippen molar-refractivity contribution in [2.24, 2.45) is 0 Å². The number of carbonyl (C=O) groups is 1. The van der Waals surface area contributed by atoms with Crippen molar-refractivity contribution in [3.05, 3.63) is 95.7 Å². The predicted octanol–water partition coefficient (Wildman–Crippen LogP) is 4.84. The molecule has 1 heterocycles. The maximum absolute atomic E-state index is 13.2. The highest BCUT2D eigenvalue weighted by molar-refractivity contribution is 5.94. The number of aromatic nitrogens is 2. The molecule has 0 saturated carbocycles. The first-order valence-corrected chi connectivity index (χ1v) is 10.8. The zero-order valence-electron chi connectivity index (χ0n) is 19.0. The number of nitrogens with zero attached hydrogens (tertiary/aromatic N) is 2. The molecule has 33 heavy (non-hydrogen) atoms. The van der Waals surface area contributed by atoms with Crippen molar-refractivity contribution in [1.29, 1.82) is 0 Å². The number of methoxy groups -OCH3 is 2. The molecule has 0 unspecified atom stereocenters. The van der Waals surface area contributed by atoms with Gasteiger partial charge in [-0.3, -0.25) is 4.79 Å². The standard InChI is InChI=1S/C27H27N3O3/c1-19-8-7-11-22(16-19)30-24(18-23(29-30)21-9-5-4-6-10-21)27(31)28-15-14-20-12-13-25(32-2)26(17-20)33-3/h4-13,16-18H,14-15H2,1-3H3,(H,28,31). The molecule has 0 spiro atoms. The molecule has 4 rings (SSSR count). The quantitative estimate of drug-likeness (QED) is 0.425. The van der Waals surface area contributed by atoms with Gasteiger partial charge in [-0.15, -0.1) is 0 Å². The third-order valence-electron chi connectivity index (χ3n) is 5.40. The van der Waals surface area contributed by atoms with E-state index in [9.17, 15) is 4.79 Å². The van der Waals surface area contributed by atoms with Gasteiger partial charge in [0.2, 0.25) is 0 Å². The molecule has 1 amide bonds. The van der Waals surface area contributed by atoms with Crippen LogP contribution >= 0.6 is 0 Å². The molecule has 0 aliphatic carbocycles. The van der Waals surface area contributed by atoms with E-state index in [0.717, 1.165) is 28.1 Å². The molecular weight excluding hydrogens is 414 g/mol. The fourth-order valence-corrected chi connectivity index (χ4v) is 3.70. The normalized spacial score (nSPS) is 10.6. The summed E-state index contributed by atoms with van der Waals surface area (Å²) >= 11 is 0.